The van der Waals surface area contributed by atoms with Crippen LogP contribution in [-0.2, 0) is 9.31 Å². The fraction of sp³-hybridized carbons (Fsp3) is 0.353. The van der Waals surface area contributed by atoms with Gasteiger partial charge in [0.05, 0.1) is 16.9 Å². The Balaban J connectivity index is 1.91. The van der Waals surface area contributed by atoms with Crippen LogP contribution < -0.4 is 5.46 Å². The molecule has 22 heavy (non-hydrogen) atoms. The van der Waals surface area contributed by atoms with Gasteiger partial charge in [-0.15, -0.1) is 0 Å². The van der Waals surface area contributed by atoms with Crippen molar-refractivity contribution in [3.8, 4) is 11.3 Å². The molecule has 0 amide bonds. The van der Waals surface area contributed by atoms with Gasteiger partial charge < -0.3 is 9.31 Å². The first-order valence-electron chi connectivity index (χ1n) is 7.36. The van der Waals surface area contributed by atoms with Crippen LogP contribution in [0.2, 0.25) is 0 Å². The zero-order chi connectivity index (χ0) is 16.0. The molecule has 1 aromatic carbocycles. The van der Waals surface area contributed by atoms with Crippen LogP contribution in [0, 0.1) is 0 Å². The van der Waals surface area contributed by atoms with Gasteiger partial charge in [-0.2, -0.15) is 0 Å². The van der Waals surface area contributed by atoms with Crippen molar-refractivity contribution in [3.63, 3.8) is 0 Å². The lowest BCUT2D eigenvalue weighted by Gasteiger charge is -2.32. The van der Waals surface area contributed by atoms with Gasteiger partial charge in [0.2, 0.25) is 0 Å². The van der Waals surface area contributed by atoms with E-state index in [1.807, 2.05) is 30.3 Å². The molecule has 2 heterocycles. The Bertz CT molecular complexity index is 669. The minimum atomic E-state index is -0.347. The molecule has 114 valence electrons. The Morgan fingerprint density at radius 3 is 2.27 bits per heavy atom. The van der Waals surface area contributed by atoms with E-state index in [1.165, 1.54) is 0 Å². The smallest absolute Gasteiger partial charge is 0.399 e. The first kappa shape index (κ1) is 15.7. The normalized spacial score (nSPS) is 19.4. The molecule has 1 saturated heterocycles. The van der Waals surface area contributed by atoms with E-state index in [4.69, 9.17) is 9.31 Å². The molecular formula is C17H19BBrNO2. The molecule has 0 bridgehead atoms. The Morgan fingerprint density at radius 1 is 1.00 bits per heavy atom. The molecule has 1 aliphatic heterocycles. The number of aromatic nitrogens is 1. The van der Waals surface area contributed by atoms with Gasteiger partial charge in [-0.05, 0) is 66.8 Å². The number of benzene rings is 1. The van der Waals surface area contributed by atoms with E-state index in [0.717, 1.165) is 21.2 Å². The fourth-order valence-electron chi connectivity index (χ4n) is 2.37. The standard InChI is InChI=1S/C17H19BBrNO2/c1-16(2)17(3,4)22-18(21-16)13-7-5-6-12(10-13)15-9-8-14(19)11-20-15/h5-11H,1-4H3. The van der Waals surface area contributed by atoms with Crippen LogP contribution in [0.25, 0.3) is 11.3 Å². The number of hydrogen-bond acceptors (Lipinski definition) is 3. The van der Waals surface area contributed by atoms with Crippen molar-refractivity contribution in [3.05, 3.63) is 47.1 Å². The average molecular weight is 360 g/mol. The van der Waals surface area contributed by atoms with Crippen molar-refractivity contribution < 1.29 is 9.31 Å². The van der Waals surface area contributed by atoms with Gasteiger partial charge in [0.15, 0.2) is 0 Å². The number of rotatable bonds is 2. The highest BCUT2D eigenvalue weighted by Gasteiger charge is 2.51. The summed E-state index contributed by atoms with van der Waals surface area (Å²) in [7, 11) is -0.347. The SMILES string of the molecule is CC1(C)OB(c2cccc(-c3ccc(Br)cn3)c2)OC1(C)C. The second kappa shape index (κ2) is 5.48. The lowest BCUT2D eigenvalue weighted by Crippen LogP contribution is -2.41. The molecule has 0 saturated carbocycles. The highest BCUT2D eigenvalue weighted by atomic mass is 79.9. The van der Waals surface area contributed by atoms with Crippen LogP contribution in [0.1, 0.15) is 27.7 Å². The van der Waals surface area contributed by atoms with Gasteiger partial charge in [-0.1, -0.05) is 24.3 Å². The van der Waals surface area contributed by atoms with Crippen molar-refractivity contribution in [2.24, 2.45) is 0 Å². The maximum absolute atomic E-state index is 6.11. The van der Waals surface area contributed by atoms with Crippen LogP contribution in [-0.4, -0.2) is 23.3 Å². The number of hydrogen-bond donors (Lipinski definition) is 0. The van der Waals surface area contributed by atoms with Gasteiger partial charge in [-0.25, -0.2) is 0 Å². The van der Waals surface area contributed by atoms with Crippen LogP contribution in [0.15, 0.2) is 47.1 Å². The molecule has 0 unspecified atom stereocenters. The first-order valence-corrected chi connectivity index (χ1v) is 8.15. The van der Waals surface area contributed by atoms with Crippen LogP contribution in [0.3, 0.4) is 0 Å². The van der Waals surface area contributed by atoms with Crippen molar-refractivity contribution in [2.75, 3.05) is 0 Å². The van der Waals surface area contributed by atoms with E-state index in [-0.39, 0.29) is 18.3 Å². The summed E-state index contributed by atoms with van der Waals surface area (Å²) in [5.74, 6) is 0. The van der Waals surface area contributed by atoms with Gasteiger partial charge in [-0.3, -0.25) is 4.98 Å². The van der Waals surface area contributed by atoms with E-state index in [1.54, 1.807) is 6.20 Å². The summed E-state index contributed by atoms with van der Waals surface area (Å²) >= 11 is 3.41. The monoisotopic (exact) mass is 359 g/mol. The highest BCUT2D eigenvalue weighted by molar-refractivity contribution is 9.10. The average Bonchev–Trinajstić information content (AvgIpc) is 2.68. The van der Waals surface area contributed by atoms with Gasteiger partial charge in [0, 0.05) is 10.7 Å². The molecule has 1 aromatic heterocycles. The molecule has 0 radical (unpaired) electrons. The quantitative estimate of drug-likeness (QED) is 0.764. The summed E-state index contributed by atoms with van der Waals surface area (Å²) < 4.78 is 13.2. The Kier molecular flexibility index (Phi) is 3.92. The zero-order valence-electron chi connectivity index (χ0n) is 13.3. The topological polar surface area (TPSA) is 31.4 Å². The minimum Gasteiger partial charge on any atom is -0.399 e. The molecule has 3 nitrogen and oxygen atoms in total. The minimum absolute atomic E-state index is 0.330. The lowest BCUT2D eigenvalue weighted by molar-refractivity contribution is 0.00578. The summed E-state index contributed by atoms with van der Waals surface area (Å²) in [5, 5.41) is 0. The second-order valence-electron chi connectivity index (χ2n) is 6.58. The summed E-state index contributed by atoms with van der Waals surface area (Å²) in [6, 6.07) is 12.2. The molecule has 0 atom stereocenters. The van der Waals surface area contributed by atoms with E-state index in [2.05, 4.69) is 54.7 Å². The molecule has 1 aliphatic rings. The third-order valence-electron chi connectivity index (χ3n) is 4.44. The molecule has 0 N–H and O–H groups in total. The van der Waals surface area contributed by atoms with Crippen LogP contribution >= 0.6 is 15.9 Å². The molecule has 2 aromatic rings. The molecule has 1 fully saturated rings. The van der Waals surface area contributed by atoms with Crippen molar-refractivity contribution >= 4 is 28.5 Å². The molecule has 0 spiro atoms. The molecule has 5 heteroatoms. The zero-order valence-corrected chi connectivity index (χ0v) is 14.8. The lowest BCUT2D eigenvalue weighted by atomic mass is 9.78. The van der Waals surface area contributed by atoms with Crippen molar-refractivity contribution in [1.29, 1.82) is 0 Å². The first-order chi connectivity index (χ1) is 10.3. The summed E-state index contributed by atoms with van der Waals surface area (Å²) in [4.78, 5) is 4.44. The molecule has 0 aliphatic carbocycles. The summed E-state index contributed by atoms with van der Waals surface area (Å²) in [5.41, 5.74) is 2.34. The molecule has 3 rings (SSSR count). The van der Waals surface area contributed by atoms with Crippen molar-refractivity contribution in [1.82, 2.24) is 4.98 Å². The summed E-state index contributed by atoms with van der Waals surface area (Å²) in [6.45, 7) is 8.25. The maximum Gasteiger partial charge on any atom is 0.494 e. The molecular weight excluding hydrogens is 341 g/mol. The van der Waals surface area contributed by atoms with Crippen LogP contribution in [0.4, 0.5) is 0 Å². The summed E-state index contributed by atoms with van der Waals surface area (Å²) in [6.07, 6.45) is 1.80. The number of pyridine rings is 1. The number of nitrogens with zero attached hydrogens (tertiary/aromatic N) is 1. The van der Waals surface area contributed by atoms with E-state index >= 15 is 0 Å². The predicted molar refractivity (Wildman–Crippen MR) is 93.1 cm³/mol. The maximum atomic E-state index is 6.11. The fourth-order valence-corrected chi connectivity index (χ4v) is 2.60. The van der Waals surface area contributed by atoms with Gasteiger partial charge >= 0.3 is 7.12 Å². The van der Waals surface area contributed by atoms with E-state index in [0.29, 0.717) is 0 Å². The van der Waals surface area contributed by atoms with Crippen LogP contribution in [0.5, 0.6) is 0 Å². The highest BCUT2D eigenvalue weighted by Crippen LogP contribution is 2.36. The Morgan fingerprint density at radius 2 is 1.68 bits per heavy atom. The van der Waals surface area contributed by atoms with Gasteiger partial charge in [0.1, 0.15) is 0 Å². The predicted octanol–water partition coefficient (Wildman–Crippen LogP) is 3.81. The second-order valence-corrected chi connectivity index (χ2v) is 7.49. The van der Waals surface area contributed by atoms with E-state index in [9.17, 15) is 0 Å². The number of halogens is 1. The van der Waals surface area contributed by atoms with Gasteiger partial charge in [0.25, 0.3) is 0 Å². The van der Waals surface area contributed by atoms with Crippen molar-refractivity contribution in [2.45, 2.75) is 38.9 Å². The third kappa shape index (κ3) is 2.85. The Labute approximate surface area is 140 Å². The largest absolute Gasteiger partial charge is 0.494 e. The van der Waals surface area contributed by atoms with E-state index < -0.39 is 0 Å². The Hall–Kier alpha value is -1.17. The third-order valence-corrected chi connectivity index (χ3v) is 4.90.